The third-order valence-electron chi connectivity index (χ3n) is 3.50. The molecule has 26 heavy (non-hydrogen) atoms. The molecule has 0 fully saturated rings. The minimum atomic E-state index is -3.47. The summed E-state index contributed by atoms with van der Waals surface area (Å²) >= 11 is 5.95. The van der Waals surface area contributed by atoms with Crippen molar-refractivity contribution < 1.29 is 22.7 Å². The van der Waals surface area contributed by atoms with Crippen molar-refractivity contribution in [1.82, 2.24) is 0 Å². The van der Waals surface area contributed by atoms with E-state index in [1.165, 1.54) is 19.2 Å². The van der Waals surface area contributed by atoms with E-state index in [4.69, 9.17) is 11.6 Å². The first-order valence-electron chi connectivity index (χ1n) is 7.39. The van der Waals surface area contributed by atoms with Gasteiger partial charge in [0.1, 0.15) is 0 Å². The monoisotopic (exact) mass is 396 g/mol. The molecule has 0 saturated carbocycles. The number of carbonyl (C=O) groups is 2. The Morgan fingerprint density at radius 2 is 1.81 bits per heavy atom. The molecule has 0 heterocycles. The van der Waals surface area contributed by atoms with Crippen LogP contribution in [0.2, 0.25) is 5.02 Å². The van der Waals surface area contributed by atoms with E-state index in [0.29, 0.717) is 16.9 Å². The quantitative estimate of drug-likeness (QED) is 0.756. The first kappa shape index (κ1) is 19.7. The average molecular weight is 397 g/mol. The molecule has 0 aliphatic heterocycles. The van der Waals surface area contributed by atoms with Crippen molar-refractivity contribution in [2.75, 3.05) is 23.4 Å². The number of amides is 1. The number of nitrogens with one attached hydrogen (secondary N) is 2. The Hall–Kier alpha value is -2.58. The Kier molecular flexibility index (Phi) is 5.89. The van der Waals surface area contributed by atoms with Crippen LogP contribution in [0, 0.1) is 6.92 Å². The van der Waals surface area contributed by atoms with Crippen molar-refractivity contribution in [2.45, 2.75) is 6.92 Å². The van der Waals surface area contributed by atoms with Crippen LogP contribution in [0.4, 0.5) is 11.4 Å². The van der Waals surface area contributed by atoms with E-state index in [9.17, 15) is 18.0 Å². The second kappa shape index (κ2) is 7.76. The number of hydrogen-bond acceptors (Lipinski definition) is 5. The molecular weight excluding hydrogens is 380 g/mol. The third kappa shape index (κ3) is 4.74. The summed E-state index contributed by atoms with van der Waals surface area (Å²) in [5, 5.41) is 2.85. The van der Waals surface area contributed by atoms with Gasteiger partial charge in [-0.3, -0.25) is 9.52 Å². The number of methoxy groups -OCH3 is 1. The summed E-state index contributed by atoms with van der Waals surface area (Å²) < 4.78 is 29.8. The summed E-state index contributed by atoms with van der Waals surface area (Å²) in [5.41, 5.74) is 1.54. The number of anilines is 2. The van der Waals surface area contributed by atoms with Crippen molar-refractivity contribution in [3.05, 3.63) is 58.1 Å². The highest BCUT2D eigenvalue weighted by atomic mass is 35.5. The van der Waals surface area contributed by atoms with Crippen molar-refractivity contribution in [2.24, 2.45) is 0 Å². The molecular formula is C17H17ClN2O5S. The summed E-state index contributed by atoms with van der Waals surface area (Å²) in [6, 6.07) is 9.11. The lowest BCUT2D eigenvalue weighted by molar-refractivity contribution is 0.0600. The third-order valence-corrected chi connectivity index (χ3v) is 4.42. The second-order valence-electron chi connectivity index (χ2n) is 5.49. The fraction of sp³-hybridized carbons (Fsp3) is 0.176. The number of ether oxygens (including phenoxy) is 1. The summed E-state index contributed by atoms with van der Waals surface area (Å²) in [5.74, 6) is -1.08. The molecule has 0 atom stereocenters. The molecule has 0 unspecified atom stereocenters. The van der Waals surface area contributed by atoms with E-state index in [-0.39, 0.29) is 16.1 Å². The molecule has 0 spiro atoms. The summed E-state index contributed by atoms with van der Waals surface area (Å²) in [7, 11) is -2.24. The van der Waals surface area contributed by atoms with Crippen LogP contribution < -0.4 is 10.0 Å². The van der Waals surface area contributed by atoms with Gasteiger partial charge in [0.25, 0.3) is 5.91 Å². The van der Waals surface area contributed by atoms with Crippen molar-refractivity contribution >= 4 is 44.9 Å². The molecule has 138 valence electrons. The van der Waals surface area contributed by atoms with Gasteiger partial charge in [0, 0.05) is 11.3 Å². The number of rotatable bonds is 5. The molecule has 2 N–H and O–H groups in total. The molecule has 9 heteroatoms. The smallest absolute Gasteiger partial charge is 0.339 e. The summed E-state index contributed by atoms with van der Waals surface area (Å²) in [6.45, 7) is 1.63. The number of halogens is 1. The maximum atomic E-state index is 12.6. The van der Waals surface area contributed by atoms with Gasteiger partial charge in [-0.05, 0) is 42.8 Å². The predicted molar refractivity (Wildman–Crippen MR) is 100 cm³/mol. The van der Waals surface area contributed by atoms with Crippen LogP contribution in [0.25, 0.3) is 0 Å². The molecule has 0 aromatic heterocycles. The fourth-order valence-electron chi connectivity index (χ4n) is 2.26. The van der Waals surface area contributed by atoms with Gasteiger partial charge in [-0.15, -0.1) is 0 Å². The Morgan fingerprint density at radius 3 is 2.42 bits per heavy atom. The zero-order valence-corrected chi connectivity index (χ0v) is 15.9. The van der Waals surface area contributed by atoms with Gasteiger partial charge in [-0.2, -0.15) is 0 Å². The molecule has 0 bridgehead atoms. The van der Waals surface area contributed by atoms with Crippen LogP contribution in [0.5, 0.6) is 0 Å². The Bertz CT molecular complexity index is 973. The summed E-state index contributed by atoms with van der Waals surface area (Å²) in [4.78, 5) is 24.2. The SMILES string of the molecule is COC(=O)c1cc(NC(=O)c2cccc(NS(C)(=O)=O)c2C)ccc1Cl. The van der Waals surface area contributed by atoms with Crippen molar-refractivity contribution in [3.8, 4) is 0 Å². The maximum absolute atomic E-state index is 12.6. The van der Waals surface area contributed by atoms with Crippen LogP contribution in [0.1, 0.15) is 26.3 Å². The van der Waals surface area contributed by atoms with E-state index >= 15 is 0 Å². The molecule has 2 rings (SSSR count). The van der Waals surface area contributed by atoms with E-state index in [0.717, 1.165) is 6.26 Å². The van der Waals surface area contributed by atoms with Gasteiger partial charge in [0.05, 0.1) is 29.6 Å². The average Bonchev–Trinajstić information content (AvgIpc) is 2.56. The molecule has 0 aliphatic carbocycles. The van der Waals surface area contributed by atoms with Crippen molar-refractivity contribution in [1.29, 1.82) is 0 Å². The highest BCUT2D eigenvalue weighted by molar-refractivity contribution is 7.92. The standard InChI is InChI=1S/C17H17ClN2O5S/c1-10-12(5-4-6-15(10)20-26(3,23)24)16(21)19-11-7-8-14(18)13(9-11)17(22)25-2/h4-9,20H,1-3H3,(H,19,21). The van der Waals surface area contributed by atoms with E-state index in [2.05, 4.69) is 14.8 Å². The highest BCUT2D eigenvalue weighted by Crippen LogP contribution is 2.24. The Morgan fingerprint density at radius 1 is 1.12 bits per heavy atom. The Labute approximate surface area is 156 Å². The lowest BCUT2D eigenvalue weighted by Gasteiger charge is -2.13. The molecule has 7 nitrogen and oxygen atoms in total. The fourth-order valence-corrected chi connectivity index (χ4v) is 3.08. The van der Waals surface area contributed by atoms with Gasteiger partial charge in [-0.25, -0.2) is 13.2 Å². The second-order valence-corrected chi connectivity index (χ2v) is 7.65. The van der Waals surface area contributed by atoms with Crippen molar-refractivity contribution in [3.63, 3.8) is 0 Å². The number of benzene rings is 2. The van der Waals surface area contributed by atoms with Crippen LogP contribution >= 0.6 is 11.6 Å². The highest BCUT2D eigenvalue weighted by Gasteiger charge is 2.16. The van der Waals surface area contributed by atoms with E-state index in [1.807, 2.05) is 0 Å². The zero-order valence-electron chi connectivity index (χ0n) is 14.3. The summed E-state index contributed by atoms with van der Waals surface area (Å²) in [6.07, 6.45) is 1.03. The lowest BCUT2D eigenvalue weighted by Crippen LogP contribution is -2.16. The van der Waals surface area contributed by atoms with Crippen LogP contribution in [-0.4, -0.2) is 33.7 Å². The van der Waals surface area contributed by atoms with E-state index < -0.39 is 21.9 Å². The van der Waals surface area contributed by atoms with E-state index in [1.54, 1.807) is 31.2 Å². The minimum Gasteiger partial charge on any atom is -0.465 e. The normalized spacial score (nSPS) is 10.9. The lowest BCUT2D eigenvalue weighted by atomic mass is 10.1. The molecule has 0 radical (unpaired) electrons. The topological polar surface area (TPSA) is 102 Å². The Balaban J connectivity index is 2.31. The predicted octanol–water partition coefficient (Wildman–Crippen LogP) is 3.06. The first-order valence-corrected chi connectivity index (χ1v) is 9.66. The van der Waals surface area contributed by atoms with Gasteiger partial charge in [0.15, 0.2) is 0 Å². The van der Waals surface area contributed by atoms with Gasteiger partial charge in [-0.1, -0.05) is 17.7 Å². The number of carbonyl (C=O) groups excluding carboxylic acids is 2. The molecule has 0 aliphatic rings. The number of sulfonamides is 1. The van der Waals surface area contributed by atoms with Crippen LogP contribution in [0.15, 0.2) is 36.4 Å². The molecule has 1 amide bonds. The minimum absolute atomic E-state index is 0.121. The van der Waals surface area contributed by atoms with Gasteiger partial charge >= 0.3 is 5.97 Å². The largest absolute Gasteiger partial charge is 0.465 e. The first-order chi connectivity index (χ1) is 12.1. The van der Waals surface area contributed by atoms with Crippen LogP contribution in [-0.2, 0) is 14.8 Å². The van der Waals surface area contributed by atoms with Crippen LogP contribution in [0.3, 0.4) is 0 Å². The molecule has 0 saturated heterocycles. The van der Waals surface area contributed by atoms with Gasteiger partial charge < -0.3 is 10.1 Å². The zero-order chi connectivity index (χ0) is 19.5. The maximum Gasteiger partial charge on any atom is 0.339 e. The molecule has 2 aromatic carbocycles. The number of hydrogen-bond donors (Lipinski definition) is 2. The molecule has 2 aromatic rings. The van der Waals surface area contributed by atoms with Gasteiger partial charge in [0.2, 0.25) is 10.0 Å². The number of esters is 1.